The SMILES string of the molecule is CN/C=C(\C=N)c1cc(-c2ccc(N3CCC(NC(=O)c4ccccc4)CC3)nc2)c2c(C#N)cnn2c1. The molecule has 1 amide bonds. The Morgan fingerprint density at radius 2 is 1.92 bits per heavy atom. The first-order chi connectivity index (χ1) is 18.6. The Kier molecular flexibility index (Phi) is 7.13. The first kappa shape index (κ1) is 24.7. The van der Waals surface area contributed by atoms with E-state index in [-0.39, 0.29) is 11.9 Å². The molecule has 0 aliphatic carbocycles. The molecule has 190 valence electrons. The molecule has 3 N–H and O–H groups in total. The molecule has 0 spiro atoms. The number of fused-ring (bicyclic) bond motifs is 1. The Morgan fingerprint density at radius 1 is 1.13 bits per heavy atom. The molecule has 0 radical (unpaired) electrons. The average molecular weight is 505 g/mol. The molecule has 1 saturated heterocycles. The van der Waals surface area contributed by atoms with Crippen LogP contribution in [0.1, 0.15) is 34.3 Å². The Hall–Kier alpha value is -4.97. The fourth-order valence-electron chi connectivity index (χ4n) is 4.79. The van der Waals surface area contributed by atoms with Crippen LogP contribution in [0.4, 0.5) is 5.82 Å². The number of anilines is 1. The highest BCUT2D eigenvalue weighted by Gasteiger charge is 2.22. The second-order valence-corrected chi connectivity index (χ2v) is 9.14. The van der Waals surface area contributed by atoms with Crippen LogP contribution >= 0.6 is 0 Å². The number of piperidine rings is 1. The summed E-state index contributed by atoms with van der Waals surface area (Å²) < 4.78 is 1.68. The number of pyridine rings is 2. The number of aromatic nitrogens is 3. The average Bonchev–Trinajstić information content (AvgIpc) is 3.39. The van der Waals surface area contributed by atoms with Crippen LogP contribution in [0.2, 0.25) is 0 Å². The van der Waals surface area contributed by atoms with Crippen LogP contribution in [0, 0.1) is 16.7 Å². The summed E-state index contributed by atoms with van der Waals surface area (Å²) in [4.78, 5) is 19.5. The van der Waals surface area contributed by atoms with Crippen molar-refractivity contribution in [3.05, 3.63) is 90.0 Å². The highest BCUT2D eigenvalue weighted by molar-refractivity contribution is 6.08. The molecule has 38 heavy (non-hydrogen) atoms. The van der Waals surface area contributed by atoms with Crippen LogP contribution in [0.5, 0.6) is 0 Å². The number of nitrogens with zero attached hydrogens (tertiary/aromatic N) is 5. The van der Waals surface area contributed by atoms with Crippen molar-refractivity contribution in [1.82, 2.24) is 25.2 Å². The van der Waals surface area contributed by atoms with E-state index in [1.807, 2.05) is 60.9 Å². The fourth-order valence-corrected chi connectivity index (χ4v) is 4.79. The maximum atomic E-state index is 12.5. The number of benzene rings is 1. The Balaban J connectivity index is 1.34. The van der Waals surface area contributed by atoms with Gasteiger partial charge in [0, 0.05) is 78.8 Å². The molecule has 5 rings (SSSR count). The van der Waals surface area contributed by atoms with Crippen molar-refractivity contribution in [3.8, 4) is 17.2 Å². The van der Waals surface area contributed by atoms with Crippen LogP contribution in [-0.2, 0) is 0 Å². The highest BCUT2D eigenvalue weighted by atomic mass is 16.1. The monoisotopic (exact) mass is 504 g/mol. The fraction of sp³-hybridized carbons (Fsp3) is 0.207. The third-order valence-electron chi connectivity index (χ3n) is 6.77. The van der Waals surface area contributed by atoms with E-state index in [1.165, 1.54) is 6.21 Å². The largest absolute Gasteiger partial charge is 0.393 e. The van der Waals surface area contributed by atoms with Crippen LogP contribution in [0.15, 0.2) is 73.3 Å². The number of carbonyl (C=O) groups is 1. The van der Waals surface area contributed by atoms with Gasteiger partial charge in [-0.1, -0.05) is 18.2 Å². The van der Waals surface area contributed by atoms with E-state index < -0.39 is 0 Å². The minimum Gasteiger partial charge on any atom is -0.393 e. The number of hydrogen-bond donors (Lipinski definition) is 3. The van der Waals surface area contributed by atoms with Gasteiger partial charge in [-0.25, -0.2) is 9.50 Å². The molecule has 1 fully saturated rings. The molecular formula is C29H28N8O. The Morgan fingerprint density at radius 3 is 2.58 bits per heavy atom. The van der Waals surface area contributed by atoms with Gasteiger partial charge in [0.2, 0.25) is 0 Å². The van der Waals surface area contributed by atoms with Crippen molar-refractivity contribution in [2.24, 2.45) is 0 Å². The molecule has 0 bridgehead atoms. The summed E-state index contributed by atoms with van der Waals surface area (Å²) in [6.07, 6.45) is 9.90. The van der Waals surface area contributed by atoms with Gasteiger partial charge < -0.3 is 20.9 Å². The smallest absolute Gasteiger partial charge is 0.251 e. The molecule has 4 heterocycles. The van der Waals surface area contributed by atoms with Crippen molar-refractivity contribution >= 4 is 29.0 Å². The second kappa shape index (κ2) is 11.0. The number of rotatable bonds is 7. The van der Waals surface area contributed by atoms with Gasteiger partial charge in [-0.2, -0.15) is 10.4 Å². The second-order valence-electron chi connectivity index (χ2n) is 9.14. The van der Waals surface area contributed by atoms with Gasteiger partial charge in [0.1, 0.15) is 11.9 Å². The molecule has 1 aliphatic rings. The predicted molar refractivity (Wildman–Crippen MR) is 148 cm³/mol. The molecule has 1 aromatic carbocycles. The third-order valence-corrected chi connectivity index (χ3v) is 6.77. The summed E-state index contributed by atoms with van der Waals surface area (Å²) in [5.41, 5.74) is 5.03. The van der Waals surface area contributed by atoms with Crippen molar-refractivity contribution < 1.29 is 4.79 Å². The normalized spacial score (nSPS) is 14.2. The number of amides is 1. The lowest BCUT2D eigenvalue weighted by Crippen LogP contribution is -2.44. The quantitative estimate of drug-likeness (QED) is 0.329. The lowest BCUT2D eigenvalue weighted by atomic mass is 10.0. The van der Waals surface area contributed by atoms with E-state index in [1.54, 1.807) is 24.0 Å². The van der Waals surface area contributed by atoms with Gasteiger partial charge >= 0.3 is 0 Å². The summed E-state index contributed by atoms with van der Waals surface area (Å²) in [5.74, 6) is 0.838. The lowest BCUT2D eigenvalue weighted by molar-refractivity contribution is 0.0931. The van der Waals surface area contributed by atoms with Crippen molar-refractivity contribution in [1.29, 1.82) is 10.7 Å². The van der Waals surface area contributed by atoms with Crippen LogP contribution in [0.25, 0.3) is 22.2 Å². The summed E-state index contributed by atoms with van der Waals surface area (Å²) in [5, 5.41) is 27.9. The first-order valence-electron chi connectivity index (χ1n) is 12.5. The topological polar surface area (TPSA) is 122 Å². The molecule has 0 atom stereocenters. The van der Waals surface area contributed by atoms with Crippen molar-refractivity contribution in [2.45, 2.75) is 18.9 Å². The number of nitrogens with one attached hydrogen (secondary N) is 3. The van der Waals surface area contributed by atoms with Gasteiger partial charge in [-0.15, -0.1) is 0 Å². The summed E-state index contributed by atoms with van der Waals surface area (Å²) in [6, 6.07) is 17.6. The molecule has 9 heteroatoms. The molecule has 1 aliphatic heterocycles. The Labute approximate surface area is 220 Å². The zero-order chi connectivity index (χ0) is 26.5. The van der Waals surface area contributed by atoms with E-state index in [0.29, 0.717) is 22.2 Å². The van der Waals surface area contributed by atoms with Crippen molar-refractivity contribution in [3.63, 3.8) is 0 Å². The molecular weight excluding hydrogens is 476 g/mol. The Bertz CT molecular complexity index is 1520. The lowest BCUT2D eigenvalue weighted by Gasteiger charge is -2.33. The first-order valence-corrected chi connectivity index (χ1v) is 12.5. The zero-order valence-corrected chi connectivity index (χ0v) is 21.1. The van der Waals surface area contributed by atoms with E-state index in [2.05, 4.69) is 26.7 Å². The highest BCUT2D eigenvalue weighted by Crippen LogP contribution is 2.31. The molecule has 0 unspecified atom stereocenters. The third kappa shape index (κ3) is 4.97. The van der Waals surface area contributed by atoms with Crippen LogP contribution in [0.3, 0.4) is 0 Å². The van der Waals surface area contributed by atoms with Gasteiger partial charge in [0.25, 0.3) is 5.91 Å². The number of nitriles is 1. The number of carbonyl (C=O) groups excluding carboxylic acids is 1. The minimum absolute atomic E-state index is 0.0348. The number of hydrogen-bond acceptors (Lipinski definition) is 7. The van der Waals surface area contributed by atoms with Crippen LogP contribution < -0.4 is 15.5 Å². The van der Waals surface area contributed by atoms with Gasteiger partial charge in [0.15, 0.2) is 0 Å². The van der Waals surface area contributed by atoms with Crippen molar-refractivity contribution in [2.75, 3.05) is 25.0 Å². The van der Waals surface area contributed by atoms with E-state index in [0.717, 1.165) is 48.4 Å². The number of allylic oxidation sites excluding steroid dienone is 1. The van der Waals surface area contributed by atoms with Gasteiger partial charge in [-0.05, 0) is 43.2 Å². The van der Waals surface area contributed by atoms with Crippen LogP contribution in [-0.4, -0.2) is 52.9 Å². The predicted octanol–water partition coefficient (Wildman–Crippen LogP) is 3.88. The summed E-state index contributed by atoms with van der Waals surface area (Å²) in [6.45, 7) is 1.59. The van der Waals surface area contributed by atoms with E-state index in [9.17, 15) is 10.1 Å². The van der Waals surface area contributed by atoms with E-state index >= 15 is 0 Å². The van der Waals surface area contributed by atoms with Gasteiger partial charge in [0.05, 0.1) is 17.3 Å². The minimum atomic E-state index is -0.0348. The maximum absolute atomic E-state index is 12.5. The summed E-state index contributed by atoms with van der Waals surface area (Å²) in [7, 11) is 1.79. The van der Waals surface area contributed by atoms with Gasteiger partial charge in [-0.3, -0.25) is 4.79 Å². The molecule has 3 aromatic heterocycles. The van der Waals surface area contributed by atoms with E-state index in [4.69, 9.17) is 10.4 Å². The molecule has 0 saturated carbocycles. The zero-order valence-electron chi connectivity index (χ0n) is 21.1. The standard InChI is InChI=1S/C29H28N8O/c1-32-16-23(14-30)22-13-26(28-24(15-31)18-34-37(28)19-22)21-7-8-27(33-17-21)36-11-9-25(10-12-36)35-29(38)20-5-3-2-4-6-20/h2-8,13-14,16-19,25,30,32H,9-12H2,1H3,(H,35,38)/b23-16+,30-14?. The molecule has 4 aromatic rings. The summed E-state index contributed by atoms with van der Waals surface area (Å²) >= 11 is 0. The maximum Gasteiger partial charge on any atom is 0.251 e. The molecule has 9 nitrogen and oxygen atoms in total.